The van der Waals surface area contributed by atoms with Gasteiger partial charge in [0.2, 0.25) is 0 Å². The molecule has 0 saturated carbocycles. The van der Waals surface area contributed by atoms with Gasteiger partial charge in [-0.1, -0.05) is 25.1 Å². The maximum absolute atomic E-state index is 5.89. The number of aryl methyl sites for hydroxylation is 1. The molecule has 1 aromatic carbocycles. The van der Waals surface area contributed by atoms with E-state index in [-0.39, 0.29) is 12.1 Å². The Balaban J connectivity index is 2.01. The van der Waals surface area contributed by atoms with Gasteiger partial charge in [-0.3, -0.25) is 0 Å². The Morgan fingerprint density at radius 3 is 2.67 bits per heavy atom. The largest absolute Gasteiger partial charge is 0.491 e. The normalized spacial score (nSPS) is 12.6. The third-order valence-electron chi connectivity index (χ3n) is 3.23. The Morgan fingerprint density at radius 1 is 1.24 bits per heavy atom. The first-order valence-electron chi connectivity index (χ1n) is 7.52. The molecule has 21 heavy (non-hydrogen) atoms. The summed E-state index contributed by atoms with van der Waals surface area (Å²) in [4.78, 5) is 5.67. The van der Waals surface area contributed by atoms with E-state index in [0.29, 0.717) is 0 Å². The lowest BCUT2D eigenvalue weighted by molar-refractivity contribution is 0.238. The predicted molar refractivity (Wildman–Crippen MR) is 89.0 cm³/mol. The molecule has 1 aromatic heterocycles. The minimum Gasteiger partial charge on any atom is -0.491 e. The first kappa shape index (κ1) is 16.0. The third-order valence-corrected chi connectivity index (χ3v) is 4.38. The van der Waals surface area contributed by atoms with E-state index in [1.165, 1.54) is 15.4 Å². The van der Waals surface area contributed by atoms with Gasteiger partial charge in [0, 0.05) is 29.2 Å². The Labute approximate surface area is 131 Å². The van der Waals surface area contributed by atoms with Gasteiger partial charge >= 0.3 is 0 Å². The monoisotopic (exact) mass is 304 g/mol. The highest BCUT2D eigenvalue weighted by Gasteiger charge is 2.12. The van der Waals surface area contributed by atoms with E-state index in [1.807, 2.05) is 18.3 Å². The number of para-hydroxylation sites is 1. The number of benzene rings is 1. The number of aromatic nitrogens is 1. The van der Waals surface area contributed by atoms with Gasteiger partial charge in [0.25, 0.3) is 0 Å². The SMILES string of the molecule is CCc1ncc(CNC(C)c2ccccc2OC(C)C)s1. The lowest BCUT2D eigenvalue weighted by atomic mass is 10.1. The van der Waals surface area contributed by atoms with E-state index in [4.69, 9.17) is 4.74 Å². The van der Waals surface area contributed by atoms with Crippen LogP contribution in [0.3, 0.4) is 0 Å². The van der Waals surface area contributed by atoms with Crippen LogP contribution in [0.5, 0.6) is 5.75 Å². The average molecular weight is 304 g/mol. The molecule has 1 heterocycles. The molecule has 0 aliphatic rings. The van der Waals surface area contributed by atoms with E-state index in [9.17, 15) is 0 Å². The zero-order valence-corrected chi connectivity index (χ0v) is 14.0. The lowest BCUT2D eigenvalue weighted by Gasteiger charge is -2.19. The minimum atomic E-state index is 0.187. The first-order valence-corrected chi connectivity index (χ1v) is 8.34. The maximum Gasteiger partial charge on any atom is 0.124 e. The summed E-state index contributed by atoms with van der Waals surface area (Å²) in [7, 11) is 0. The molecule has 0 spiro atoms. The van der Waals surface area contributed by atoms with E-state index in [2.05, 4.69) is 50.1 Å². The maximum atomic E-state index is 5.89. The van der Waals surface area contributed by atoms with E-state index < -0.39 is 0 Å². The van der Waals surface area contributed by atoms with Crippen LogP contribution in [0.2, 0.25) is 0 Å². The van der Waals surface area contributed by atoms with E-state index in [0.717, 1.165) is 18.7 Å². The molecule has 0 fully saturated rings. The minimum absolute atomic E-state index is 0.187. The summed E-state index contributed by atoms with van der Waals surface area (Å²) in [6.07, 6.45) is 3.16. The lowest BCUT2D eigenvalue weighted by Crippen LogP contribution is -2.19. The molecule has 1 atom stereocenters. The van der Waals surface area contributed by atoms with Crippen molar-refractivity contribution in [3.05, 3.63) is 45.9 Å². The van der Waals surface area contributed by atoms with Crippen molar-refractivity contribution in [3.63, 3.8) is 0 Å². The number of nitrogens with one attached hydrogen (secondary N) is 1. The van der Waals surface area contributed by atoms with Crippen LogP contribution in [0.1, 0.15) is 49.2 Å². The molecule has 114 valence electrons. The Kier molecular flexibility index (Phi) is 5.76. The molecule has 0 amide bonds. The van der Waals surface area contributed by atoms with E-state index in [1.54, 1.807) is 11.3 Å². The Bertz CT molecular complexity index is 565. The Morgan fingerprint density at radius 2 is 2.00 bits per heavy atom. The van der Waals surface area contributed by atoms with Gasteiger partial charge < -0.3 is 10.1 Å². The Hall–Kier alpha value is -1.39. The fraction of sp³-hybridized carbons (Fsp3) is 0.471. The smallest absolute Gasteiger partial charge is 0.124 e. The zero-order valence-electron chi connectivity index (χ0n) is 13.2. The van der Waals surface area contributed by atoms with Crippen molar-refractivity contribution in [2.75, 3.05) is 0 Å². The summed E-state index contributed by atoms with van der Waals surface area (Å²) in [5.74, 6) is 0.964. The summed E-state index contributed by atoms with van der Waals surface area (Å²) in [6.45, 7) is 9.26. The summed E-state index contributed by atoms with van der Waals surface area (Å²) in [5.41, 5.74) is 1.20. The number of hydrogen-bond acceptors (Lipinski definition) is 4. The van der Waals surface area contributed by atoms with Crippen LogP contribution >= 0.6 is 11.3 Å². The molecule has 3 nitrogen and oxygen atoms in total. The van der Waals surface area contributed by atoms with Crippen molar-refractivity contribution >= 4 is 11.3 Å². The predicted octanol–water partition coefficient (Wildman–Crippen LogP) is 4.34. The van der Waals surface area contributed by atoms with Gasteiger partial charge in [0.05, 0.1) is 11.1 Å². The highest BCUT2D eigenvalue weighted by Crippen LogP contribution is 2.26. The van der Waals surface area contributed by atoms with Crippen molar-refractivity contribution in [2.24, 2.45) is 0 Å². The standard InChI is InChI=1S/C17H24N2OS/c1-5-17-19-11-14(21-17)10-18-13(4)15-8-6-7-9-16(15)20-12(2)3/h6-9,11-13,18H,5,10H2,1-4H3. The van der Waals surface area contributed by atoms with Gasteiger partial charge in [-0.2, -0.15) is 0 Å². The third kappa shape index (κ3) is 4.55. The summed E-state index contributed by atoms with van der Waals surface area (Å²) in [6, 6.07) is 8.48. The van der Waals surface area contributed by atoms with Gasteiger partial charge in [-0.15, -0.1) is 11.3 Å². The van der Waals surface area contributed by atoms with Crippen LogP contribution in [-0.2, 0) is 13.0 Å². The van der Waals surface area contributed by atoms with Crippen molar-refractivity contribution in [3.8, 4) is 5.75 Å². The zero-order chi connectivity index (χ0) is 15.2. The van der Waals surface area contributed by atoms with Crippen molar-refractivity contribution < 1.29 is 4.74 Å². The molecule has 4 heteroatoms. The molecule has 0 saturated heterocycles. The quantitative estimate of drug-likeness (QED) is 0.826. The number of ether oxygens (including phenoxy) is 1. The fourth-order valence-electron chi connectivity index (χ4n) is 2.16. The van der Waals surface area contributed by atoms with Crippen LogP contribution in [0, 0.1) is 0 Å². The number of nitrogens with zero attached hydrogens (tertiary/aromatic N) is 1. The van der Waals surface area contributed by atoms with Gasteiger partial charge in [-0.25, -0.2) is 4.98 Å². The van der Waals surface area contributed by atoms with Gasteiger partial charge in [-0.05, 0) is 33.3 Å². The molecule has 1 N–H and O–H groups in total. The highest BCUT2D eigenvalue weighted by atomic mass is 32.1. The molecular formula is C17H24N2OS. The molecule has 1 unspecified atom stereocenters. The van der Waals surface area contributed by atoms with Crippen LogP contribution in [0.25, 0.3) is 0 Å². The van der Waals surface area contributed by atoms with Crippen LogP contribution in [-0.4, -0.2) is 11.1 Å². The van der Waals surface area contributed by atoms with Gasteiger partial charge in [0.1, 0.15) is 5.75 Å². The summed E-state index contributed by atoms with van der Waals surface area (Å²) >= 11 is 1.78. The van der Waals surface area contributed by atoms with Crippen molar-refractivity contribution in [1.82, 2.24) is 10.3 Å². The summed E-state index contributed by atoms with van der Waals surface area (Å²) < 4.78 is 5.89. The fourth-order valence-corrected chi connectivity index (χ4v) is 2.97. The van der Waals surface area contributed by atoms with Crippen LogP contribution < -0.4 is 10.1 Å². The van der Waals surface area contributed by atoms with Crippen molar-refractivity contribution in [1.29, 1.82) is 0 Å². The number of thiazole rings is 1. The second-order valence-electron chi connectivity index (χ2n) is 5.38. The highest BCUT2D eigenvalue weighted by molar-refractivity contribution is 7.11. The van der Waals surface area contributed by atoms with Crippen LogP contribution in [0.15, 0.2) is 30.5 Å². The van der Waals surface area contributed by atoms with E-state index >= 15 is 0 Å². The van der Waals surface area contributed by atoms with Crippen LogP contribution in [0.4, 0.5) is 0 Å². The molecule has 0 bridgehead atoms. The average Bonchev–Trinajstić information content (AvgIpc) is 2.93. The first-order chi connectivity index (χ1) is 10.1. The number of hydrogen-bond donors (Lipinski definition) is 1. The molecule has 2 rings (SSSR count). The second-order valence-corrected chi connectivity index (χ2v) is 6.58. The van der Waals surface area contributed by atoms with Gasteiger partial charge in [0.15, 0.2) is 0 Å². The topological polar surface area (TPSA) is 34.2 Å². The molecule has 0 aliphatic carbocycles. The van der Waals surface area contributed by atoms with Crippen molar-refractivity contribution in [2.45, 2.75) is 52.8 Å². The molecule has 2 aromatic rings. The second kappa shape index (κ2) is 7.57. The number of rotatable bonds is 7. The molecule has 0 radical (unpaired) electrons. The molecular weight excluding hydrogens is 280 g/mol. The summed E-state index contributed by atoms with van der Waals surface area (Å²) in [5, 5.41) is 4.75. The molecule has 0 aliphatic heterocycles.